The Balaban J connectivity index is 1.57. The van der Waals surface area contributed by atoms with E-state index in [1.165, 1.54) is 0 Å². The Morgan fingerprint density at radius 2 is 2.27 bits per heavy atom. The first-order valence-electron chi connectivity index (χ1n) is 7.57. The number of hydrogen-bond acceptors (Lipinski definition) is 5. The summed E-state index contributed by atoms with van der Waals surface area (Å²) in [5.41, 5.74) is 0.780. The number of hydrogen-bond donors (Lipinski definition) is 2. The maximum Gasteiger partial charge on any atom is 0.248 e. The zero-order valence-corrected chi connectivity index (χ0v) is 12.7. The van der Waals surface area contributed by atoms with E-state index in [9.17, 15) is 4.79 Å². The molecule has 0 saturated carbocycles. The van der Waals surface area contributed by atoms with E-state index in [4.69, 9.17) is 14.6 Å². The molecule has 6 heteroatoms. The number of benzene rings is 1. The van der Waals surface area contributed by atoms with E-state index in [1.807, 2.05) is 24.3 Å². The zero-order valence-electron chi connectivity index (χ0n) is 12.7. The Bertz CT molecular complexity index is 533. The zero-order chi connectivity index (χ0) is 15.6. The smallest absolute Gasteiger partial charge is 0.248 e. The van der Waals surface area contributed by atoms with Gasteiger partial charge in [-0.15, -0.1) is 0 Å². The molecule has 3 rings (SSSR count). The summed E-state index contributed by atoms with van der Waals surface area (Å²) >= 11 is 0. The molecule has 2 fully saturated rings. The van der Waals surface area contributed by atoms with E-state index >= 15 is 0 Å². The second-order valence-corrected chi connectivity index (χ2v) is 5.99. The second kappa shape index (κ2) is 6.14. The third-order valence-electron chi connectivity index (χ3n) is 4.47. The van der Waals surface area contributed by atoms with Crippen LogP contribution in [-0.2, 0) is 9.53 Å². The summed E-state index contributed by atoms with van der Waals surface area (Å²) < 4.78 is 11.1. The fourth-order valence-electron chi connectivity index (χ4n) is 3.30. The van der Waals surface area contributed by atoms with Crippen molar-refractivity contribution in [3.05, 3.63) is 24.3 Å². The largest absolute Gasteiger partial charge is 0.497 e. The summed E-state index contributed by atoms with van der Waals surface area (Å²) in [6.07, 6.45) is 1.70. The van der Waals surface area contributed by atoms with Gasteiger partial charge in [-0.2, -0.15) is 0 Å². The molecule has 0 bridgehead atoms. The lowest BCUT2D eigenvalue weighted by Crippen LogP contribution is -2.37. The van der Waals surface area contributed by atoms with Crippen LogP contribution in [-0.4, -0.2) is 61.0 Å². The topological polar surface area (TPSA) is 71.0 Å². The van der Waals surface area contributed by atoms with Gasteiger partial charge in [0.2, 0.25) is 5.91 Å². The minimum Gasteiger partial charge on any atom is -0.497 e. The SMILES string of the molecule is COc1ccc(NC2COC3(CCN(C(=O)CO)C3)C2)cc1. The van der Waals surface area contributed by atoms with Crippen molar-refractivity contribution in [3.8, 4) is 5.75 Å². The second-order valence-electron chi connectivity index (χ2n) is 5.99. The molecule has 1 aromatic rings. The number of likely N-dealkylation sites (tertiary alicyclic amines) is 1. The van der Waals surface area contributed by atoms with E-state index in [2.05, 4.69) is 5.32 Å². The first-order valence-corrected chi connectivity index (χ1v) is 7.57. The Morgan fingerprint density at radius 3 is 2.95 bits per heavy atom. The lowest BCUT2D eigenvalue weighted by Gasteiger charge is -2.23. The van der Waals surface area contributed by atoms with Crippen LogP contribution in [0.2, 0.25) is 0 Å². The van der Waals surface area contributed by atoms with Crippen molar-refractivity contribution in [2.45, 2.75) is 24.5 Å². The standard InChI is InChI=1S/C16H22N2O4/c1-21-14-4-2-12(3-5-14)17-13-8-16(22-10-13)6-7-18(11-16)15(20)9-19/h2-5,13,17,19H,6-11H2,1H3. The predicted molar refractivity (Wildman–Crippen MR) is 82.0 cm³/mol. The van der Waals surface area contributed by atoms with Crippen LogP contribution < -0.4 is 10.1 Å². The van der Waals surface area contributed by atoms with Crippen LogP contribution in [0.15, 0.2) is 24.3 Å². The van der Waals surface area contributed by atoms with Crippen molar-refractivity contribution in [2.75, 3.05) is 38.7 Å². The Labute approximate surface area is 130 Å². The van der Waals surface area contributed by atoms with Gasteiger partial charge in [-0.1, -0.05) is 0 Å². The summed E-state index contributed by atoms with van der Waals surface area (Å²) in [5, 5.41) is 12.4. The number of nitrogens with zero attached hydrogens (tertiary/aromatic N) is 1. The fraction of sp³-hybridized carbons (Fsp3) is 0.562. The van der Waals surface area contributed by atoms with Crippen molar-refractivity contribution in [2.24, 2.45) is 0 Å². The predicted octanol–water partition coefficient (Wildman–Crippen LogP) is 0.859. The molecule has 120 valence electrons. The van der Waals surface area contributed by atoms with Gasteiger partial charge < -0.3 is 24.8 Å². The van der Waals surface area contributed by atoms with Crippen LogP contribution in [0.1, 0.15) is 12.8 Å². The molecule has 2 aliphatic heterocycles. The normalized spacial score (nSPS) is 27.4. The molecule has 2 unspecified atom stereocenters. The molecule has 0 radical (unpaired) electrons. The van der Waals surface area contributed by atoms with E-state index in [0.717, 1.165) is 24.3 Å². The highest BCUT2D eigenvalue weighted by Gasteiger charge is 2.46. The van der Waals surface area contributed by atoms with E-state index < -0.39 is 6.61 Å². The number of methoxy groups -OCH3 is 1. The number of rotatable bonds is 4. The molecule has 0 aromatic heterocycles. The minimum atomic E-state index is -0.427. The number of anilines is 1. The molecule has 2 aliphatic rings. The van der Waals surface area contributed by atoms with Crippen LogP contribution in [0.4, 0.5) is 5.69 Å². The number of amides is 1. The molecule has 6 nitrogen and oxygen atoms in total. The van der Waals surface area contributed by atoms with Crippen LogP contribution in [0.25, 0.3) is 0 Å². The van der Waals surface area contributed by atoms with Gasteiger partial charge in [0.15, 0.2) is 0 Å². The van der Waals surface area contributed by atoms with E-state index in [1.54, 1.807) is 12.0 Å². The number of carbonyl (C=O) groups is 1. The van der Waals surface area contributed by atoms with E-state index in [0.29, 0.717) is 19.7 Å². The molecule has 2 saturated heterocycles. The van der Waals surface area contributed by atoms with Crippen LogP contribution in [0, 0.1) is 0 Å². The van der Waals surface area contributed by atoms with Gasteiger partial charge >= 0.3 is 0 Å². The monoisotopic (exact) mass is 306 g/mol. The highest BCUT2D eigenvalue weighted by Crippen LogP contribution is 2.36. The highest BCUT2D eigenvalue weighted by atomic mass is 16.5. The Hall–Kier alpha value is -1.79. The van der Waals surface area contributed by atoms with Crippen molar-refractivity contribution < 1.29 is 19.4 Å². The molecule has 1 aromatic carbocycles. The lowest BCUT2D eigenvalue weighted by atomic mass is 9.97. The molecule has 1 spiro atoms. The molecule has 2 atom stereocenters. The average Bonchev–Trinajstić information content (AvgIpc) is 3.15. The van der Waals surface area contributed by atoms with Crippen LogP contribution in [0.3, 0.4) is 0 Å². The fourth-order valence-corrected chi connectivity index (χ4v) is 3.30. The minimum absolute atomic E-state index is 0.216. The summed E-state index contributed by atoms with van der Waals surface area (Å²) in [4.78, 5) is 13.3. The van der Waals surface area contributed by atoms with E-state index in [-0.39, 0.29) is 17.6 Å². The average molecular weight is 306 g/mol. The number of ether oxygens (including phenoxy) is 2. The molecular formula is C16H22N2O4. The molecule has 0 aliphatic carbocycles. The first kappa shape index (κ1) is 15.1. The molecule has 22 heavy (non-hydrogen) atoms. The van der Waals surface area contributed by atoms with Crippen molar-refractivity contribution in [3.63, 3.8) is 0 Å². The maximum absolute atomic E-state index is 11.6. The molecule has 2 N–H and O–H groups in total. The van der Waals surface area contributed by atoms with Gasteiger partial charge in [-0.3, -0.25) is 4.79 Å². The van der Waals surface area contributed by atoms with Crippen molar-refractivity contribution >= 4 is 11.6 Å². The van der Waals surface area contributed by atoms with Crippen LogP contribution in [0.5, 0.6) is 5.75 Å². The van der Waals surface area contributed by atoms with Gasteiger partial charge in [0.05, 0.1) is 25.4 Å². The van der Waals surface area contributed by atoms with Gasteiger partial charge in [-0.05, 0) is 30.7 Å². The number of carbonyl (C=O) groups excluding carboxylic acids is 1. The van der Waals surface area contributed by atoms with Crippen molar-refractivity contribution in [1.29, 1.82) is 0 Å². The Kier molecular flexibility index (Phi) is 4.22. The lowest BCUT2D eigenvalue weighted by molar-refractivity contribution is -0.134. The first-order chi connectivity index (χ1) is 10.6. The summed E-state index contributed by atoms with van der Waals surface area (Å²) in [6.45, 7) is 1.44. The van der Waals surface area contributed by atoms with Gasteiger partial charge in [0.25, 0.3) is 0 Å². The van der Waals surface area contributed by atoms with Crippen LogP contribution >= 0.6 is 0 Å². The molecular weight excluding hydrogens is 284 g/mol. The number of aliphatic hydroxyl groups is 1. The number of aliphatic hydroxyl groups excluding tert-OH is 1. The maximum atomic E-state index is 11.6. The molecule has 2 heterocycles. The van der Waals surface area contributed by atoms with Gasteiger partial charge in [-0.25, -0.2) is 0 Å². The Morgan fingerprint density at radius 1 is 1.50 bits per heavy atom. The van der Waals surface area contributed by atoms with Gasteiger partial charge in [0.1, 0.15) is 12.4 Å². The summed E-state index contributed by atoms with van der Waals surface area (Å²) in [6, 6.07) is 8.05. The molecule has 1 amide bonds. The van der Waals surface area contributed by atoms with Gasteiger partial charge in [0, 0.05) is 25.2 Å². The summed E-state index contributed by atoms with van der Waals surface area (Å²) in [7, 11) is 1.65. The number of nitrogens with one attached hydrogen (secondary N) is 1. The highest BCUT2D eigenvalue weighted by molar-refractivity contribution is 5.77. The van der Waals surface area contributed by atoms with Crippen molar-refractivity contribution in [1.82, 2.24) is 4.90 Å². The third-order valence-corrected chi connectivity index (χ3v) is 4.47. The summed E-state index contributed by atoms with van der Waals surface area (Å²) in [5.74, 6) is 0.616. The third kappa shape index (κ3) is 3.03. The quantitative estimate of drug-likeness (QED) is 0.863.